The van der Waals surface area contributed by atoms with E-state index >= 15 is 0 Å². The fraction of sp³-hybridized carbons (Fsp3) is 0. The van der Waals surface area contributed by atoms with Gasteiger partial charge < -0.3 is 10.7 Å². The molecule has 0 aliphatic heterocycles. The molecule has 0 saturated carbocycles. The number of nitrogen functional groups attached to an aromatic ring is 1. The van der Waals surface area contributed by atoms with Crippen molar-refractivity contribution in [3.05, 3.63) is 45.3 Å². The molecule has 0 spiro atoms. The van der Waals surface area contributed by atoms with Crippen LogP contribution in [0.4, 0.5) is 5.69 Å². The highest BCUT2D eigenvalue weighted by Gasteiger charge is 2.05. The van der Waals surface area contributed by atoms with Gasteiger partial charge in [0.1, 0.15) is 11.5 Å². The van der Waals surface area contributed by atoms with Gasteiger partial charge >= 0.3 is 0 Å². The van der Waals surface area contributed by atoms with Gasteiger partial charge in [-0.2, -0.15) is 0 Å². The second-order valence-electron chi connectivity index (χ2n) is 3.00. The minimum atomic E-state index is -0.323. The molecule has 1 heterocycles. The molecular weight excluding hydrogens is 258 g/mol. The van der Waals surface area contributed by atoms with Gasteiger partial charge in [-0.3, -0.25) is 4.79 Å². The summed E-state index contributed by atoms with van der Waals surface area (Å²) in [4.78, 5) is 18.0. The number of anilines is 1. The van der Waals surface area contributed by atoms with Gasteiger partial charge in [-0.1, -0.05) is 34.1 Å². The Morgan fingerprint density at radius 2 is 2.07 bits per heavy atom. The number of H-pyrrole nitrogens is 1. The van der Waals surface area contributed by atoms with Crippen LogP contribution in [0.3, 0.4) is 0 Å². The molecule has 0 aliphatic carbocycles. The van der Waals surface area contributed by atoms with E-state index in [9.17, 15) is 4.79 Å². The van der Waals surface area contributed by atoms with Crippen molar-refractivity contribution in [2.24, 2.45) is 0 Å². The van der Waals surface area contributed by atoms with E-state index in [1.54, 1.807) is 0 Å². The topological polar surface area (TPSA) is 71.8 Å². The van der Waals surface area contributed by atoms with Crippen LogP contribution in [-0.2, 0) is 0 Å². The zero-order chi connectivity index (χ0) is 10.8. The molecule has 0 saturated heterocycles. The molecule has 2 aromatic rings. The SMILES string of the molecule is Nc1cnc(-c2ccccc2Br)[nH]c1=O. The van der Waals surface area contributed by atoms with Crippen LogP contribution in [0.25, 0.3) is 11.4 Å². The van der Waals surface area contributed by atoms with E-state index in [4.69, 9.17) is 5.73 Å². The van der Waals surface area contributed by atoms with Crippen LogP contribution in [0.1, 0.15) is 0 Å². The monoisotopic (exact) mass is 265 g/mol. The Hall–Kier alpha value is -1.62. The molecule has 0 fully saturated rings. The van der Waals surface area contributed by atoms with Crippen molar-refractivity contribution in [3.8, 4) is 11.4 Å². The van der Waals surface area contributed by atoms with E-state index in [1.165, 1.54) is 6.20 Å². The van der Waals surface area contributed by atoms with Gasteiger partial charge in [0.05, 0.1) is 6.20 Å². The maximum atomic E-state index is 11.3. The first-order valence-electron chi connectivity index (χ1n) is 4.28. The number of benzene rings is 1. The summed E-state index contributed by atoms with van der Waals surface area (Å²) in [6, 6.07) is 7.50. The van der Waals surface area contributed by atoms with E-state index in [1.807, 2.05) is 24.3 Å². The summed E-state index contributed by atoms with van der Waals surface area (Å²) in [6.07, 6.45) is 1.35. The van der Waals surface area contributed by atoms with Gasteiger partial charge in [0, 0.05) is 10.0 Å². The van der Waals surface area contributed by atoms with E-state index in [0.717, 1.165) is 10.0 Å². The lowest BCUT2D eigenvalue weighted by Gasteiger charge is -2.02. The minimum absolute atomic E-state index is 0.116. The van der Waals surface area contributed by atoms with Gasteiger partial charge in [-0.05, 0) is 6.07 Å². The summed E-state index contributed by atoms with van der Waals surface area (Å²) in [5.74, 6) is 0.502. The van der Waals surface area contributed by atoms with Crippen LogP contribution in [-0.4, -0.2) is 9.97 Å². The Bertz CT molecular complexity index is 550. The number of rotatable bonds is 1. The van der Waals surface area contributed by atoms with E-state index in [-0.39, 0.29) is 11.2 Å². The Morgan fingerprint density at radius 3 is 2.73 bits per heavy atom. The highest BCUT2D eigenvalue weighted by Crippen LogP contribution is 2.23. The molecule has 0 radical (unpaired) electrons. The number of nitrogens with zero attached hydrogens (tertiary/aromatic N) is 1. The minimum Gasteiger partial charge on any atom is -0.393 e. The maximum absolute atomic E-state index is 11.3. The smallest absolute Gasteiger partial charge is 0.274 e. The molecule has 1 aromatic carbocycles. The van der Waals surface area contributed by atoms with Gasteiger partial charge in [-0.15, -0.1) is 0 Å². The highest BCUT2D eigenvalue weighted by atomic mass is 79.9. The first-order chi connectivity index (χ1) is 7.18. The molecule has 0 aliphatic rings. The van der Waals surface area contributed by atoms with Crippen LogP contribution >= 0.6 is 15.9 Å². The average Bonchev–Trinajstić information content (AvgIpc) is 2.23. The standard InChI is InChI=1S/C10H8BrN3O/c11-7-4-2-1-3-6(7)9-13-5-8(12)10(15)14-9/h1-5H,12H2,(H,13,14,15). The number of aromatic nitrogens is 2. The molecule has 0 unspecified atom stereocenters. The largest absolute Gasteiger partial charge is 0.393 e. The summed E-state index contributed by atoms with van der Waals surface area (Å²) < 4.78 is 0.873. The zero-order valence-electron chi connectivity index (χ0n) is 7.70. The number of hydrogen-bond donors (Lipinski definition) is 2. The molecule has 1 aromatic heterocycles. The number of aromatic amines is 1. The fourth-order valence-electron chi connectivity index (χ4n) is 1.19. The third kappa shape index (κ3) is 1.92. The van der Waals surface area contributed by atoms with Gasteiger partial charge in [0.2, 0.25) is 0 Å². The van der Waals surface area contributed by atoms with Crippen LogP contribution in [0.2, 0.25) is 0 Å². The second kappa shape index (κ2) is 3.86. The van der Waals surface area contributed by atoms with Crippen molar-refractivity contribution in [1.29, 1.82) is 0 Å². The first-order valence-corrected chi connectivity index (χ1v) is 5.07. The van der Waals surface area contributed by atoms with E-state index in [2.05, 4.69) is 25.9 Å². The van der Waals surface area contributed by atoms with Crippen LogP contribution in [0.5, 0.6) is 0 Å². The van der Waals surface area contributed by atoms with Crippen LogP contribution in [0, 0.1) is 0 Å². The van der Waals surface area contributed by atoms with E-state index < -0.39 is 0 Å². The fourth-order valence-corrected chi connectivity index (χ4v) is 1.67. The Labute approximate surface area is 94.3 Å². The molecule has 76 valence electrons. The molecule has 3 N–H and O–H groups in total. The lowest BCUT2D eigenvalue weighted by Crippen LogP contribution is -2.13. The summed E-state index contributed by atoms with van der Waals surface area (Å²) in [5.41, 5.74) is 6.01. The molecule has 0 atom stereocenters. The van der Waals surface area contributed by atoms with Crippen molar-refractivity contribution in [2.45, 2.75) is 0 Å². The van der Waals surface area contributed by atoms with Gasteiger partial charge in [0.25, 0.3) is 5.56 Å². The molecule has 2 rings (SSSR count). The lowest BCUT2D eigenvalue weighted by atomic mass is 10.2. The maximum Gasteiger partial charge on any atom is 0.274 e. The summed E-state index contributed by atoms with van der Waals surface area (Å²) >= 11 is 3.38. The lowest BCUT2D eigenvalue weighted by molar-refractivity contribution is 1.13. The normalized spacial score (nSPS) is 10.2. The Morgan fingerprint density at radius 1 is 1.33 bits per heavy atom. The van der Waals surface area contributed by atoms with Gasteiger partial charge in [-0.25, -0.2) is 4.98 Å². The molecule has 4 nitrogen and oxygen atoms in total. The van der Waals surface area contributed by atoms with E-state index in [0.29, 0.717) is 5.82 Å². The highest BCUT2D eigenvalue weighted by molar-refractivity contribution is 9.10. The number of nitrogens with one attached hydrogen (secondary N) is 1. The predicted octanol–water partition coefficient (Wildman–Crippen LogP) is 1.78. The van der Waals surface area contributed by atoms with Crippen LogP contribution in [0.15, 0.2) is 39.7 Å². The van der Waals surface area contributed by atoms with Gasteiger partial charge in [0.15, 0.2) is 0 Å². The number of nitrogens with two attached hydrogens (primary N) is 1. The quantitative estimate of drug-likeness (QED) is 0.826. The third-order valence-corrected chi connectivity index (χ3v) is 2.65. The average molecular weight is 266 g/mol. The predicted molar refractivity (Wildman–Crippen MR) is 62.4 cm³/mol. The molecule has 5 heteroatoms. The second-order valence-corrected chi connectivity index (χ2v) is 3.85. The molecule has 0 amide bonds. The van der Waals surface area contributed by atoms with Crippen molar-refractivity contribution in [2.75, 3.05) is 5.73 Å². The summed E-state index contributed by atoms with van der Waals surface area (Å²) in [6.45, 7) is 0. The third-order valence-electron chi connectivity index (χ3n) is 1.96. The Balaban J connectivity index is 2.60. The van der Waals surface area contributed by atoms with Crippen molar-refractivity contribution in [3.63, 3.8) is 0 Å². The molecule has 15 heavy (non-hydrogen) atoms. The van der Waals surface area contributed by atoms with Crippen LogP contribution < -0.4 is 11.3 Å². The number of hydrogen-bond acceptors (Lipinski definition) is 3. The Kier molecular flexibility index (Phi) is 2.55. The van der Waals surface area contributed by atoms with Crippen molar-refractivity contribution >= 4 is 21.6 Å². The van der Waals surface area contributed by atoms with Crippen molar-refractivity contribution < 1.29 is 0 Å². The molecular formula is C10H8BrN3O. The number of halogens is 1. The molecule has 0 bridgehead atoms. The zero-order valence-corrected chi connectivity index (χ0v) is 9.28. The van der Waals surface area contributed by atoms with Crippen molar-refractivity contribution in [1.82, 2.24) is 9.97 Å². The summed E-state index contributed by atoms with van der Waals surface area (Å²) in [5, 5.41) is 0. The first kappa shape index (κ1) is 9.92. The summed E-state index contributed by atoms with van der Waals surface area (Å²) in [7, 11) is 0.